The second-order valence-electron chi connectivity index (χ2n) is 2.62. The first-order chi connectivity index (χ1) is 5.94. The number of halogens is 3. The Labute approximate surface area is 128 Å². The Morgan fingerprint density at radius 3 is 1.93 bits per heavy atom. The van der Waals surface area contributed by atoms with Gasteiger partial charge >= 0.3 is 0 Å². The highest BCUT2D eigenvalue weighted by Gasteiger charge is 2.21. The van der Waals surface area contributed by atoms with Gasteiger partial charge in [0.05, 0.1) is 4.90 Å². The Morgan fingerprint density at radius 1 is 1.14 bits per heavy atom. The van der Waals surface area contributed by atoms with Crippen molar-refractivity contribution in [2.75, 3.05) is 0 Å². The summed E-state index contributed by atoms with van der Waals surface area (Å²) in [6.07, 6.45) is 0. The third-order valence-corrected chi connectivity index (χ3v) is 7.00. The fourth-order valence-corrected chi connectivity index (χ4v) is 3.31. The first kappa shape index (κ1) is 15.4. The molecule has 0 aliphatic heterocycles. The average molecular weight is 550 g/mol. The van der Waals surface area contributed by atoms with E-state index in [1.807, 2.05) is 64.2 Å². The van der Waals surface area contributed by atoms with Gasteiger partial charge < -0.3 is 0 Å². The van der Waals surface area contributed by atoms with Crippen molar-refractivity contribution < 1.29 is 8.42 Å². The Hall–Kier alpha value is 1.36. The van der Waals surface area contributed by atoms with Crippen molar-refractivity contribution in [3.8, 4) is 0 Å². The van der Waals surface area contributed by atoms with Crippen LogP contribution in [0.2, 0.25) is 0 Å². The maximum absolute atomic E-state index is 11.6. The molecule has 0 atom stereocenters. The summed E-state index contributed by atoms with van der Waals surface area (Å²) in [5.74, 6) is 0. The number of sulfone groups is 1. The normalized spacial score (nSPS) is 11.1. The van der Waals surface area contributed by atoms with Gasteiger partial charge in [-0.05, 0) is 19.1 Å². The van der Waals surface area contributed by atoms with Gasteiger partial charge in [-0.15, -0.1) is 24.0 Å². The van der Waals surface area contributed by atoms with Crippen LogP contribution in [0.3, 0.4) is 0 Å². The van der Waals surface area contributed by atoms with Crippen molar-refractivity contribution in [3.05, 3.63) is 29.8 Å². The SMILES string of the molecule is Cc1ccc(S(=O)(=O)C(I)I)cc1.I. The van der Waals surface area contributed by atoms with Crippen LogP contribution in [-0.2, 0) is 9.84 Å². The lowest BCUT2D eigenvalue weighted by molar-refractivity contribution is 0.600. The van der Waals surface area contributed by atoms with Crippen LogP contribution in [-0.4, -0.2) is 9.68 Å². The van der Waals surface area contributed by atoms with E-state index in [4.69, 9.17) is 0 Å². The minimum absolute atomic E-state index is 0. The summed E-state index contributed by atoms with van der Waals surface area (Å²) < 4.78 is 22.8. The molecule has 0 N–H and O–H groups in total. The maximum atomic E-state index is 11.6. The molecule has 6 heteroatoms. The number of rotatable bonds is 2. The van der Waals surface area contributed by atoms with Crippen LogP contribution in [0.15, 0.2) is 29.2 Å². The Bertz CT molecular complexity index is 384. The van der Waals surface area contributed by atoms with E-state index in [-0.39, 0.29) is 24.0 Å². The highest BCUT2D eigenvalue weighted by Crippen LogP contribution is 2.25. The van der Waals surface area contributed by atoms with Crippen LogP contribution in [0.5, 0.6) is 0 Å². The van der Waals surface area contributed by atoms with Crippen molar-refractivity contribution in [1.82, 2.24) is 0 Å². The molecular formula is C8H9I3O2S. The zero-order chi connectivity index (χ0) is 10.1. The molecule has 0 spiro atoms. The minimum Gasteiger partial charge on any atom is -0.222 e. The highest BCUT2D eigenvalue weighted by molar-refractivity contribution is 14.2. The summed E-state index contributed by atoms with van der Waals surface area (Å²) >= 11 is 3.79. The van der Waals surface area contributed by atoms with Crippen LogP contribution in [0, 0.1) is 6.92 Å². The largest absolute Gasteiger partial charge is 0.222 e. The van der Waals surface area contributed by atoms with Crippen LogP contribution in [0.25, 0.3) is 0 Å². The van der Waals surface area contributed by atoms with E-state index in [2.05, 4.69) is 0 Å². The van der Waals surface area contributed by atoms with Gasteiger partial charge in [0.15, 0.2) is 11.1 Å². The molecule has 1 aromatic rings. The number of alkyl halides is 2. The minimum atomic E-state index is -3.12. The molecule has 14 heavy (non-hydrogen) atoms. The molecular weight excluding hydrogens is 541 g/mol. The third kappa shape index (κ3) is 3.74. The maximum Gasteiger partial charge on any atom is 0.199 e. The van der Waals surface area contributed by atoms with Crippen molar-refractivity contribution in [3.63, 3.8) is 0 Å². The molecule has 80 valence electrons. The molecule has 0 aromatic heterocycles. The molecule has 0 aliphatic carbocycles. The Morgan fingerprint density at radius 2 is 1.57 bits per heavy atom. The van der Waals surface area contributed by atoms with Crippen LogP contribution >= 0.6 is 69.2 Å². The lowest BCUT2D eigenvalue weighted by atomic mass is 10.2. The van der Waals surface area contributed by atoms with Gasteiger partial charge in [-0.1, -0.05) is 62.9 Å². The lowest BCUT2D eigenvalue weighted by Gasteiger charge is -2.04. The van der Waals surface area contributed by atoms with E-state index in [9.17, 15) is 8.42 Å². The molecule has 0 fully saturated rings. The summed E-state index contributed by atoms with van der Waals surface area (Å²) in [4.78, 5) is 0.395. The van der Waals surface area contributed by atoms with Crippen molar-refractivity contribution >= 4 is 79.0 Å². The van der Waals surface area contributed by atoms with Gasteiger partial charge in [0, 0.05) is 0 Å². The number of hydrogen-bond donors (Lipinski definition) is 0. The van der Waals surface area contributed by atoms with E-state index in [1.54, 1.807) is 12.1 Å². The summed E-state index contributed by atoms with van der Waals surface area (Å²) in [5, 5.41) is 0. The smallest absolute Gasteiger partial charge is 0.199 e. The van der Waals surface area contributed by atoms with E-state index in [0.717, 1.165) is 5.56 Å². The fraction of sp³-hybridized carbons (Fsp3) is 0.250. The standard InChI is InChI=1S/C8H8I2O2S.HI/c1-6-2-4-7(5-3-6)13(11,12)8(9)10;/h2-5,8H,1H3;1H. The van der Waals surface area contributed by atoms with E-state index < -0.39 is 11.1 Å². The van der Waals surface area contributed by atoms with Gasteiger partial charge in [-0.3, -0.25) is 0 Å². The first-order valence-corrected chi connectivity index (χ1v) is 7.57. The molecule has 1 rings (SSSR count). The highest BCUT2D eigenvalue weighted by atomic mass is 127. The van der Waals surface area contributed by atoms with Gasteiger partial charge in [0.2, 0.25) is 0 Å². The zero-order valence-electron chi connectivity index (χ0n) is 7.28. The van der Waals surface area contributed by atoms with Crippen molar-refractivity contribution in [1.29, 1.82) is 0 Å². The van der Waals surface area contributed by atoms with Crippen LogP contribution in [0.1, 0.15) is 5.56 Å². The first-order valence-electron chi connectivity index (χ1n) is 3.53. The van der Waals surface area contributed by atoms with E-state index in [1.165, 1.54) is 0 Å². The summed E-state index contributed by atoms with van der Waals surface area (Å²) in [6, 6.07) is 6.91. The molecule has 0 amide bonds. The van der Waals surface area contributed by atoms with E-state index >= 15 is 0 Å². The van der Waals surface area contributed by atoms with Crippen molar-refractivity contribution in [2.45, 2.75) is 13.1 Å². The molecule has 0 heterocycles. The number of aryl methyl sites for hydroxylation is 1. The molecule has 2 nitrogen and oxygen atoms in total. The van der Waals surface area contributed by atoms with Gasteiger partial charge in [0.1, 0.15) is 0 Å². The average Bonchev–Trinajstić information content (AvgIpc) is 2.04. The number of benzene rings is 1. The molecule has 0 unspecified atom stereocenters. The van der Waals surface area contributed by atoms with Crippen LogP contribution in [0.4, 0.5) is 0 Å². The lowest BCUT2D eigenvalue weighted by Crippen LogP contribution is -2.07. The molecule has 0 saturated carbocycles. The van der Waals surface area contributed by atoms with Crippen LogP contribution < -0.4 is 0 Å². The molecule has 1 aromatic carbocycles. The second-order valence-corrected chi connectivity index (χ2v) is 11.2. The van der Waals surface area contributed by atoms with E-state index in [0.29, 0.717) is 4.90 Å². The summed E-state index contributed by atoms with van der Waals surface area (Å²) in [6.45, 7) is 1.93. The fourth-order valence-electron chi connectivity index (χ4n) is 0.831. The monoisotopic (exact) mass is 550 g/mol. The third-order valence-electron chi connectivity index (χ3n) is 1.58. The Kier molecular flexibility index (Phi) is 6.78. The predicted octanol–water partition coefficient (Wildman–Crippen LogP) is 3.54. The molecule has 0 bridgehead atoms. The summed E-state index contributed by atoms with van der Waals surface area (Å²) in [5.41, 5.74) is 1.07. The molecule has 0 aliphatic rings. The van der Waals surface area contributed by atoms with Gasteiger partial charge in [-0.2, -0.15) is 0 Å². The quantitative estimate of drug-likeness (QED) is 0.418. The molecule has 0 saturated heterocycles. The Balaban J connectivity index is 0.00000169. The zero-order valence-corrected chi connectivity index (χ0v) is 14.7. The molecule has 0 radical (unpaired) electrons. The van der Waals surface area contributed by atoms with Crippen molar-refractivity contribution in [2.24, 2.45) is 0 Å². The second kappa shape index (κ2) is 6.18. The van der Waals surface area contributed by atoms with Gasteiger partial charge in [-0.25, -0.2) is 8.42 Å². The summed E-state index contributed by atoms with van der Waals surface area (Å²) in [7, 11) is -3.12. The number of hydrogen-bond acceptors (Lipinski definition) is 2. The topological polar surface area (TPSA) is 34.1 Å². The predicted molar refractivity (Wildman–Crippen MR) is 85.6 cm³/mol. The van der Waals surface area contributed by atoms with Gasteiger partial charge in [0.25, 0.3) is 0 Å².